The Labute approximate surface area is 180 Å². The molecule has 2 N–H and O–H groups in total. The predicted molar refractivity (Wildman–Crippen MR) is 122 cm³/mol. The minimum absolute atomic E-state index is 0.0721. The predicted octanol–water partition coefficient (Wildman–Crippen LogP) is 3.10. The molecule has 1 aliphatic heterocycles. The minimum atomic E-state index is -0.0959. The molecule has 0 unspecified atom stereocenters. The molecule has 7 nitrogen and oxygen atoms in total. The Kier molecular flexibility index (Phi) is 4.88. The molecule has 7 heteroatoms. The zero-order chi connectivity index (χ0) is 21.4. The van der Waals surface area contributed by atoms with Gasteiger partial charge in [-0.3, -0.25) is 4.79 Å². The highest BCUT2D eigenvalue weighted by molar-refractivity contribution is 5.96. The molecular weight excluding hydrogens is 388 g/mol. The zero-order valence-corrected chi connectivity index (χ0v) is 17.3. The molecule has 31 heavy (non-hydrogen) atoms. The first-order valence-corrected chi connectivity index (χ1v) is 10.3. The molecule has 1 atom stereocenters. The summed E-state index contributed by atoms with van der Waals surface area (Å²) in [5.41, 5.74) is 10.7. The number of aromatic nitrogens is 3. The second-order valence-corrected chi connectivity index (χ2v) is 7.96. The molecule has 1 amide bonds. The SMILES string of the molecule is CN(Cc1ccccc1)c1ccc2ncc(-c3ccc(N4C[C@@H](N)CC4=O)cc3)n2n1. The van der Waals surface area contributed by atoms with Gasteiger partial charge in [0.25, 0.3) is 0 Å². The van der Waals surface area contributed by atoms with Crippen molar-refractivity contribution in [2.24, 2.45) is 5.73 Å². The summed E-state index contributed by atoms with van der Waals surface area (Å²) in [4.78, 5) is 20.5. The topological polar surface area (TPSA) is 79.8 Å². The van der Waals surface area contributed by atoms with Gasteiger partial charge in [0.15, 0.2) is 5.65 Å². The Morgan fingerprint density at radius 3 is 2.55 bits per heavy atom. The fraction of sp³-hybridized carbons (Fsp3) is 0.208. The standard InChI is InChI=1S/C24H24N6O/c1-28(15-17-5-3-2-4-6-17)23-12-11-22-26-14-21(30(22)27-23)18-7-9-20(10-8-18)29-16-19(25)13-24(29)31/h2-12,14,19H,13,15-16,25H2,1H3/t19-/m0/s1. The summed E-state index contributed by atoms with van der Waals surface area (Å²) in [6.45, 7) is 1.33. The highest BCUT2D eigenvalue weighted by Crippen LogP contribution is 2.27. The maximum absolute atomic E-state index is 12.1. The van der Waals surface area contributed by atoms with Crippen LogP contribution < -0.4 is 15.5 Å². The van der Waals surface area contributed by atoms with E-state index in [4.69, 9.17) is 10.8 Å². The van der Waals surface area contributed by atoms with Gasteiger partial charge in [0.2, 0.25) is 5.91 Å². The van der Waals surface area contributed by atoms with E-state index in [1.165, 1.54) is 5.56 Å². The Bertz CT molecular complexity index is 1220. The second-order valence-electron chi connectivity index (χ2n) is 7.96. The van der Waals surface area contributed by atoms with Gasteiger partial charge in [-0.15, -0.1) is 5.10 Å². The summed E-state index contributed by atoms with van der Waals surface area (Å²) in [7, 11) is 2.03. The number of hydrogen-bond acceptors (Lipinski definition) is 5. The van der Waals surface area contributed by atoms with Gasteiger partial charge in [-0.1, -0.05) is 42.5 Å². The van der Waals surface area contributed by atoms with Crippen molar-refractivity contribution in [1.82, 2.24) is 14.6 Å². The number of amides is 1. The Balaban J connectivity index is 1.42. The highest BCUT2D eigenvalue weighted by atomic mass is 16.2. The van der Waals surface area contributed by atoms with Crippen LogP contribution in [0.1, 0.15) is 12.0 Å². The molecule has 1 aliphatic rings. The van der Waals surface area contributed by atoms with Gasteiger partial charge in [0.1, 0.15) is 5.82 Å². The van der Waals surface area contributed by atoms with Crippen molar-refractivity contribution >= 4 is 23.1 Å². The third kappa shape index (κ3) is 3.75. The summed E-state index contributed by atoms with van der Waals surface area (Å²) in [5, 5.41) is 4.83. The molecular formula is C24H24N6O. The summed E-state index contributed by atoms with van der Waals surface area (Å²) in [5.74, 6) is 0.937. The van der Waals surface area contributed by atoms with Crippen molar-refractivity contribution in [1.29, 1.82) is 0 Å². The highest BCUT2D eigenvalue weighted by Gasteiger charge is 2.27. The lowest BCUT2D eigenvalue weighted by Crippen LogP contribution is -2.27. The van der Waals surface area contributed by atoms with Crippen molar-refractivity contribution in [2.75, 3.05) is 23.4 Å². The summed E-state index contributed by atoms with van der Waals surface area (Å²) in [6.07, 6.45) is 2.23. The van der Waals surface area contributed by atoms with Gasteiger partial charge in [-0.2, -0.15) is 0 Å². The normalized spacial score (nSPS) is 16.3. The number of rotatable bonds is 5. The molecule has 2 aromatic heterocycles. The molecule has 1 saturated heterocycles. The van der Waals surface area contributed by atoms with Crippen LogP contribution in [0.25, 0.3) is 16.9 Å². The fourth-order valence-electron chi connectivity index (χ4n) is 4.00. The Morgan fingerprint density at radius 2 is 1.84 bits per heavy atom. The van der Waals surface area contributed by atoms with E-state index in [1.807, 2.05) is 72.4 Å². The van der Waals surface area contributed by atoms with Crippen LogP contribution in [0.5, 0.6) is 0 Å². The average molecular weight is 412 g/mol. The van der Waals surface area contributed by atoms with Crippen LogP contribution in [0.2, 0.25) is 0 Å². The number of benzene rings is 2. The van der Waals surface area contributed by atoms with Crippen LogP contribution in [0, 0.1) is 0 Å². The van der Waals surface area contributed by atoms with E-state index in [1.54, 1.807) is 4.90 Å². The van der Waals surface area contributed by atoms with Gasteiger partial charge in [-0.05, 0) is 29.8 Å². The molecule has 4 aromatic rings. The van der Waals surface area contributed by atoms with Crippen molar-refractivity contribution < 1.29 is 4.79 Å². The molecule has 2 aromatic carbocycles. The van der Waals surface area contributed by atoms with Gasteiger partial charge >= 0.3 is 0 Å². The second kappa shape index (κ2) is 7.85. The molecule has 0 aliphatic carbocycles. The Morgan fingerprint density at radius 1 is 1.06 bits per heavy atom. The lowest BCUT2D eigenvalue weighted by Gasteiger charge is -2.18. The van der Waals surface area contributed by atoms with Crippen LogP contribution in [-0.4, -0.2) is 40.1 Å². The number of imidazole rings is 1. The third-order valence-electron chi connectivity index (χ3n) is 5.63. The van der Waals surface area contributed by atoms with E-state index in [9.17, 15) is 4.79 Å². The molecule has 3 heterocycles. The monoisotopic (exact) mass is 412 g/mol. The maximum atomic E-state index is 12.1. The first-order valence-electron chi connectivity index (χ1n) is 10.3. The number of nitrogens with two attached hydrogens (primary N) is 1. The minimum Gasteiger partial charge on any atom is -0.354 e. The quantitative estimate of drug-likeness (QED) is 0.545. The van der Waals surface area contributed by atoms with Crippen LogP contribution in [0.3, 0.4) is 0 Å². The van der Waals surface area contributed by atoms with Crippen molar-refractivity contribution in [2.45, 2.75) is 19.0 Å². The van der Waals surface area contributed by atoms with Gasteiger partial charge in [0.05, 0.1) is 11.9 Å². The first-order chi connectivity index (χ1) is 15.1. The lowest BCUT2D eigenvalue weighted by molar-refractivity contribution is -0.117. The molecule has 0 radical (unpaired) electrons. The van der Waals surface area contributed by atoms with E-state index in [0.717, 1.165) is 35.0 Å². The number of anilines is 2. The van der Waals surface area contributed by atoms with Crippen molar-refractivity contribution in [3.8, 4) is 11.3 Å². The van der Waals surface area contributed by atoms with Crippen LogP contribution in [0.4, 0.5) is 11.5 Å². The van der Waals surface area contributed by atoms with E-state index < -0.39 is 0 Å². The van der Waals surface area contributed by atoms with Crippen molar-refractivity contribution in [3.63, 3.8) is 0 Å². The summed E-state index contributed by atoms with van der Waals surface area (Å²) < 4.78 is 1.86. The van der Waals surface area contributed by atoms with E-state index in [-0.39, 0.29) is 11.9 Å². The molecule has 1 fully saturated rings. The van der Waals surface area contributed by atoms with Gasteiger partial charge < -0.3 is 15.5 Å². The van der Waals surface area contributed by atoms with Crippen LogP contribution in [0.15, 0.2) is 72.9 Å². The van der Waals surface area contributed by atoms with E-state index in [0.29, 0.717) is 13.0 Å². The Hall–Kier alpha value is -3.71. The zero-order valence-electron chi connectivity index (χ0n) is 17.3. The molecule has 0 spiro atoms. The average Bonchev–Trinajstić information content (AvgIpc) is 3.36. The van der Waals surface area contributed by atoms with Crippen LogP contribution >= 0.6 is 0 Å². The van der Waals surface area contributed by atoms with Gasteiger partial charge in [0, 0.05) is 43.9 Å². The van der Waals surface area contributed by atoms with Crippen molar-refractivity contribution in [3.05, 3.63) is 78.5 Å². The maximum Gasteiger partial charge on any atom is 0.228 e. The van der Waals surface area contributed by atoms with Gasteiger partial charge in [-0.25, -0.2) is 9.50 Å². The van der Waals surface area contributed by atoms with Crippen LogP contribution in [-0.2, 0) is 11.3 Å². The molecule has 5 rings (SSSR count). The van der Waals surface area contributed by atoms with E-state index in [2.05, 4.69) is 22.0 Å². The summed E-state index contributed by atoms with van der Waals surface area (Å²) >= 11 is 0. The molecule has 156 valence electrons. The molecule has 0 bridgehead atoms. The number of carbonyl (C=O) groups excluding carboxylic acids is 1. The third-order valence-corrected chi connectivity index (χ3v) is 5.63. The number of hydrogen-bond donors (Lipinski definition) is 1. The number of nitrogens with zero attached hydrogens (tertiary/aromatic N) is 5. The largest absolute Gasteiger partial charge is 0.354 e. The number of fused-ring (bicyclic) bond motifs is 1. The fourth-order valence-corrected chi connectivity index (χ4v) is 4.00. The number of carbonyl (C=O) groups is 1. The molecule has 0 saturated carbocycles. The van der Waals surface area contributed by atoms with E-state index >= 15 is 0 Å². The smallest absolute Gasteiger partial charge is 0.228 e. The summed E-state index contributed by atoms with van der Waals surface area (Å²) in [6, 6.07) is 22.1. The first kappa shape index (κ1) is 19.3. The lowest BCUT2D eigenvalue weighted by atomic mass is 10.1.